The van der Waals surface area contributed by atoms with Crippen molar-refractivity contribution in [1.82, 2.24) is 10.2 Å². The quantitative estimate of drug-likeness (QED) is 0.633. The molecular formula is C11H16N2O3. The second kappa shape index (κ2) is 5.52. The van der Waals surface area contributed by atoms with Crippen molar-refractivity contribution in [2.24, 2.45) is 5.92 Å². The molecule has 0 aromatic rings. The van der Waals surface area contributed by atoms with Gasteiger partial charge in [0.2, 0.25) is 5.91 Å². The molecular weight excluding hydrogens is 208 g/mol. The molecule has 0 radical (unpaired) electrons. The predicted octanol–water partition coefficient (Wildman–Crippen LogP) is -0.469. The van der Waals surface area contributed by atoms with Crippen LogP contribution in [0.3, 0.4) is 0 Å². The molecule has 1 rings (SSSR count). The Labute approximate surface area is 94.8 Å². The van der Waals surface area contributed by atoms with Crippen molar-refractivity contribution in [1.29, 1.82) is 0 Å². The molecule has 16 heavy (non-hydrogen) atoms. The van der Waals surface area contributed by atoms with Crippen LogP contribution in [0.2, 0.25) is 0 Å². The molecule has 0 spiro atoms. The lowest BCUT2D eigenvalue weighted by molar-refractivity contribution is -0.142. The van der Waals surface area contributed by atoms with Crippen molar-refractivity contribution < 1.29 is 14.7 Å². The third-order valence-corrected chi connectivity index (χ3v) is 2.94. The molecule has 88 valence electrons. The lowest BCUT2D eigenvalue weighted by Crippen LogP contribution is -2.41. The van der Waals surface area contributed by atoms with E-state index in [1.165, 1.54) is 0 Å². The van der Waals surface area contributed by atoms with Gasteiger partial charge in [0.25, 0.3) is 0 Å². The molecule has 1 amide bonds. The number of likely N-dealkylation sites (tertiary alicyclic amines) is 1. The third-order valence-electron chi connectivity index (χ3n) is 2.94. The summed E-state index contributed by atoms with van der Waals surface area (Å²) in [4.78, 5) is 24.1. The smallest absolute Gasteiger partial charge is 0.308 e. The molecule has 2 N–H and O–H groups in total. The summed E-state index contributed by atoms with van der Waals surface area (Å²) in [5.74, 6) is 0.993. The lowest BCUT2D eigenvalue weighted by Gasteiger charge is -2.21. The van der Waals surface area contributed by atoms with Gasteiger partial charge in [0.1, 0.15) is 0 Å². The van der Waals surface area contributed by atoms with Crippen LogP contribution in [0.1, 0.15) is 13.3 Å². The SMILES string of the molecule is C#CCNC(=O)CN1CCC(C(=O)O)C1C. The van der Waals surface area contributed by atoms with E-state index in [4.69, 9.17) is 11.5 Å². The van der Waals surface area contributed by atoms with Gasteiger partial charge < -0.3 is 10.4 Å². The Bertz CT molecular complexity index is 322. The highest BCUT2D eigenvalue weighted by Crippen LogP contribution is 2.23. The highest BCUT2D eigenvalue weighted by molar-refractivity contribution is 5.78. The van der Waals surface area contributed by atoms with Gasteiger partial charge >= 0.3 is 5.97 Å². The molecule has 5 nitrogen and oxygen atoms in total. The van der Waals surface area contributed by atoms with Crippen LogP contribution in [0, 0.1) is 18.3 Å². The normalized spacial score (nSPS) is 25.0. The standard InChI is InChI=1S/C11H16N2O3/c1-3-5-12-10(14)7-13-6-4-9(8(13)2)11(15)16/h1,8-9H,4-7H2,2H3,(H,12,14)(H,15,16). The van der Waals surface area contributed by atoms with Crippen LogP contribution < -0.4 is 5.32 Å². The molecule has 2 unspecified atom stereocenters. The zero-order valence-corrected chi connectivity index (χ0v) is 9.27. The summed E-state index contributed by atoms with van der Waals surface area (Å²) in [6.07, 6.45) is 5.61. The number of carboxylic acid groups (broad SMARTS) is 1. The van der Waals surface area contributed by atoms with Gasteiger partial charge in [-0.15, -0.1) is 6.42 Å². The molecule has 1 fully saturated rings. The molecule has 0 bridgehead atoms. The fraction of sp³-hybridized carbons (Fsp3) is 0.636. The van der Waals surface area contributed by atoms with Gasteiger partial charge in [-0.25, -0.2) is 0 Å². The minimum atomic E-state index is -0.793. The zero-order chi connectivity index (χ0) is 12.1. The van der Waals surface area contributed by atoms with E-state index in [1.54, 1.807) is 0 Å². The first-order chi connectivity index (χ1) is 7.56. The lowest BCUT2D eigenvalue weighted by atomic mass is 10.0. The second-order valence-electron chi connectivity index (χ2n) is 3.93. The summed E-state index contributed by atoms with van der Waals surface area (Å²) in [6, 6.07) is -0.103. The van der Waals surface area contributed by atoms with E-state index >= 15 is 0 Å². The van der Waals surface area contributed by atoms with E-state index in [1.807, 2.05) is 11.8 Å². The van der Waals surface area contributed by atoms with Gasteiger partial charge in [0.05, 0.1) is 19.0 Å². The number of hydrogen-bond donors (Lipinski definition) is 2. The minimum absolute atomic E-state index is 0.103. The van der Waals surface area contributed by atoms with E-state index in [-0.39, 0.29) is 31.0 Å². The molecule has 1 saturated heterocycles. The average molecular weight is 224 g/mol. The number of carbonyl (C=O) groups is 2. The Kier molecular flexibility index (Phi) is 4.32. The maximum atomic E-state index is 11.4. The fourth-order valence-electron chi connectivity index (χ4n) is 1.95. The number of hydrogen-bond acceptors (Lipinski definition) is 3. The Morgan fingerprint density at radius 3 is 2.81 bits per heavy atom. The first-order valence-electron chi connectivity index (χ1n) is 5.23. The summed E-state index contributed by atoms with van der Waals surface area (Å²) in [5.41, 5.74) is 0. The van der Waals surface area contributed by atoms with E-state index in [0.717, 1.165) is 0 Å². The van der Waals surface area contributed by atoms with E-state index in [0.29, 0.717) is 13.0 Å². The summed E-state index contributed by atoms with van der Waals surface area (Å²) in [6.45, 7) is 2.90. The Balaban J connectivity index is 2.43. The number of aliphatic carboxylic acids is 1. The monoisotopic (exact) mass is 224 g/mol. The summed E-state index contributed by atoms with van der Waals surface area (Å²) in [5, 5.41) is 11.5. The summed E-state index contributed by atoms with van der Waals surface area (Å²) in [7, 11) is 0. The number of carboxylic acids is 1. The number of amides is 1. The molecule has 0 aromatic carbocycles. The van der Waals surface area contributed by atoms with Gasteiger partial charge in [-0.1, -0.05) is 5.92 Å². The molecule has 1 heterocycles. The Hall–Kier alpha value is -1.54. The maximum Gasteiger partial charge on any atom is 0.308 e. The average Bonchev–Trinajstić information content (AvgIpc) is 2.57. The Morgan fingerprint density at radius 2 is 2.31 bits per heavy atom. The van der Waals surface area contributed by atoms with Crippen molar-refractivity contribution in [3.05, 3.63) is 0 Å². The van der Waals surface area contributed by atoms with Crippen LogP contribution in [0.4, 0.5) is 0 Å². The number of rotatable bonds is 4. The predicted molar refractivity (Wildman–Crippen MR) is 58.6 cm³/mol. The summed E-state index contributed by atoms with van der Waals surface area (Å²) < 4.78 is 0. The zero-order valence-electron chi connectivity index (χ0n) is 9.27. The van der Waals surface area contributed by atoms with Gasteiger partial charge in [0.15, 0.2) is 0 Å². The van der Waals surface area contributed by atoms with Crippen molar-refractivity contribution >= 4 is 11.9 Å². The topological polar surface area (TPSA) is 69.6 Å². The number of nitrogens with one attached hydrogen (secondary N) is 1. The van der Waals surface area contributed by atoms with Gasteiger partial charge in [0, 0.05) is 6.04 Å². The van der Waals surface area contributed by atoms with Crippen molar-refractivity contribution in [3.8, 4) is 12.3 Å². The first kappa shape index (κ1) is 12.5. The highest BCUT2D eigenvalue weighted by Gasteiger charge is 2.36. The van der Waals surface area contributed by atoms with Gasteiger partial charge in [-0.2, -0.15) is 0 Å². The second-order valence-corrected chi connectivity index (χ2v) is 3.93. The molecule has 0 aromatic heterocycles. The highest BCUT2D eigenvalue weighted by atomic mass is 16.4. The van der Waals surface area contributed by atoms with Crippen molar-refractivity contribution in [2.45, 2.75) is 19.4 Å². The molecule has 1 aliphatic rings. The van der Waals surface area contributed by atoms with Crippen molar-refractivity contribution in [3.63, 3.8) is 0 Å². The van der Waals surface area contributed by atoms with Crippen LogP contribution in [-0.2, 0) is 9.59 Å². The molecule has 1 aliphatic heterocycles. The van der Waals surface area contributed by atoms with Gasteiger partial charge in [-0.3, -0.25) is 14.5 Å². The Morgan fingerprint density at radius 1 is 1.62 bits per heavy atom. The molecule has 0 aliphatic carbocycles. The maximum absolute atomic E-state index is 11.4. The molecule has 0 saturated carbocycles. The molecule has 5 heteroatoms. The first-order valence-corrected chi connectivity index (χ1v) is 5.23. The number of carbonyl (C=O) groups excluding carboxylic acids is 1. The van der Waals surface area contributed by atoms with Crippen LogP contribution >= 0.6 is 0 Å². The third kappa shape index (κ3) is 2.97. The van der Waals surface area contributed by atoms with Crippen LogP contribution in [0.15, 0.2) is 0 Å². The van der Waals surface area contributed by atoms with Crippen LogP contribution in [-0.4, -0.2) is 47.6 Å². The van der Waals surface area contributed by atoms with Crippen LogP contribution in [0.5, 0.6) is 0 Å². The minimum Gasteiger partial charge on any atom is -0.481 e. The number of terminal acetylenes is 1. The summed E-state index contributed by atoms with van der Waals surface area (Å²) >= 11 is 0. The number of nitrogens with zero attached hydrogens (tertiary/aromatic N) is 1. The van der Waals surface area contributed by atoms with Crippen molar-refractivity contribution in [2.75, 3.05) is 19.6 Å². The fourth-order valence-corrected chi connectivity index (χ4v) is 1.95. The largest absolute Gasteiger partial charge is 0.481 e. The van der Waals surface area contributed by atoms with Gasteiger partial charge in [-0.05, 0) is 19.9 Å². The molecule has 2 atom stereocenters. The van der Waals surface area contributed by atoms with E-state index < -0.39 is 5.97 Å². The van der Waals surface area contributed by atoms with E-state index in [9.17, 15) is 9.59 Å². The van der Waals surface area contributed by atoms with E-state index in [2.05, 4.69) is 11.2 Å². The van der Waals surface area contributed by atoms with Crippen LogP contribution in [0.25, 0.3) is 0 Å².